The van der Waals surface area contributed by atoms with Gasteiger partial charge in [-0.1, -0.05) is 29.8 Å². The molecule has 3 N–H and O–H groups in total. The molecule has 0 bridgehead atoms. The first-order chi connectivity index (χ1) is 10.3. The van der Waals surface area contributed by atoms with E-state index in [9.17, 15) is 14.4 Å². The molecule has 0 unspecified atom stereocenters. The smallest absolute Gasteiger partial charge is 0.326 e. The summed E-state index contributed by atoms with van der Waals surface area (Å²) in [6.07, 6.45) is 0.0266. The topological polar surface area (TPSA) is 95.5 Å². The van der Waals surface area contributed by atoms with Gasteiger partial charge in [0, 0.05) is 23.0 Å². The van der Waals surface area contributed by atoms with E-state index in [0.717, 1.165) is 4.47 Å². The number of benzene rings is 1. The van der Waals surface area contributed by atoms with Crippen molar-refractivity contribution in [3.05, 3.63) is 34.3 Å². The molecule has 0 fully saturated rings. The van der Waals surface area contributed by atoms with Crippen LogP contribution in [0.3, 0.4) is 0 Å². The Bertz CT molecular complexity index is 543. The van der Waals surface area contributed by atoms with Gasteiger partial charge >= 0.3 is 5.97 Å². The number of carboxylic acids is 1. The summed E-state index contributed by atoms with van der Waals surface area (Å²) in [6.45, 7) is 3.58. The van der Waals surface area contributed by atoms with Crippen LogP contribution in [0.15, 0.2) is 28.7 Å². The minimum atomic E-state index is -1.07. The van der Waals surface area contributed by atoms with Crippen molar-refractivity contribution in [1.82, 2.24) is 10.6 Å². The predicted molar refractivity (Wildman–Crippen MR) is 85.5 cm³/mol. The molecule has 2 amide bonds. The van der Waals surface area contributed by atoms with E-state index in [0.29, 0.717) is 5.56 Å². The third-order valence-electron chi connectivity index (χ3n) is 2.99. The van der Waals surface area contributed by atoms with E-state index in [2.05, 4.69) is 26.6 Å². The Hall–Kier alpha value is -1.89. The molecule has 0 aliphatic heterocycles. The van der Waals surface area contributed by atoms with Gasteiger partial charge in [0.05, 0.1) is 0 Å². The zero-order chi connectivity index (χ0) is 16.7. The van der Waals surface area contributed by atoms with E-state index in [1.165, 1.54) is 0 Å². The Labute approximate surface area is 137 Å². The average molecular weight is 371 g/mol. The Balaban J connectivity index is 2.40. The fourth-order valence-electron chi connectivity index (χ4n) is 1.75. The lowest BCUT2D eigenvalue weighted by Gasteiger charge is -2.17. The summed E-state index contributed by atoms with van der Waals surface area (Å²) in [7, 11) is 0. The van der Waals surface area contributed by atoms with Crippen LogP contribution in [0.4, 0.5) is 0 Å². The molecule has 22 heavy (non-hydrogen) atoms. The quantitative estimate of drug-likeness (QED) is 0.681. The van der Waals surface area contributed by atoms with E-state index < -0.39 is 17.9 Å². The molecule has 1 aromatic rings. The van der Waals surface area contributed by atoms with E-state index >= 15 is 0 Å². The van der Waals surface area contributed by atoms with Crippen molar-refractivity contribution in [3.8, 4) is 0 Å². The number of carboxylic acid groups (broad SMARTS) is 1. The average Bonchev–Trinajstić information content (AvgIpc) is 2.44. The number of hydrogen-bond acceptors (Lipinski definition) is 3. The van der Waals surface area contributed by atoms with Crippen LogP contribution in [-0.2, 0) is 9.59 Å². The van der Waals surface area contributed by atoms with E-state index in [4.69, 9.17) is 5.11 Å². The minimum absolute atomic E-state index is 0.0266. The van der Waals surface area contributed by atoms with E-state index in [1.54, 1.807) is 38.1 Å². The molecule has 0 heterocycles. The van der Waals surface area contributed by atoms with Gasteiger partial charge in [0.2, 0.25) is 5.91 Å². The molecular weight excluding hydrogens is 352 g/mol. The van der Waals surface area contributed by atoms with Crippen molar-refractivity contribution in [1.29, 1.82) is 0 Å². The second-order valence-electron chi connectivity index (χ2n) is 5.14. The number of hydrogen-bond donors (Lipinski definition) is 3. The number of halogens is 1. The van der Waals surface area contributed by atoms with Crippen LogP contribution in [0.5, 0.6) is 0 Å². The van der Waals surface area contributed by atoms with Crippen molar-refractivity contribution in [2.75, 3.05) is 6.54 Å². The largest absolute Gasteiger partial charge is 0.480 e. The summed E-state index contributed by atoms with van der Waals surface area (Å²) in [4.78, 5) is 34.5. The first kappa shape index (κ1) is 18.2. The Morgan fingerprint density at radius 1 is 1.18 bits per heavy atom. The first-order valence-corrected chi connectivity index (χ1v) is 7.66. The van der Waals surface area contributed by atoms with Crippen molar-refractivity contribution < 1.29 is 19.5 Å². The fraction of sp³-hybridized carbons (Fsp3) is 0.400. The van der Waals surface area contributed by atoms with Gasteiger partial charge in [0.1, 0.15) is 6.04 Å². The van der Waals surface area contributed by atoms with Gasteiger partial charge in [0.15, 0.2) is 0 Å². The van der Waals surface area contributed by atoms with Crippen LogP contribution in [-0.4, -0.2) is 35.5 Å². The van der Waals surface area contributed by atoms with Gasteiger partial charge < -0.3 is 15.7 Å². The number of nitrogens with one attached hydrogen (secondary N) is 2. The number of carbonyl (C=O) groups is 3. The second kappa shape index (κ2) is 8.53. The van der Waals surface area contributed by atoms with Crippen molar-refractivity contribution >= 4 is 33.7 Å². The summed E-state index contributed by atoms with van der Waals surface area (Å²) >= 11 is 3.28. The maximum atomic E-state index is 11.8. The number of rotatable bonds is 7. The monoisotopic (exact) mass is 370 g/mol. The third-order valence-corrected chi connectivity index (χ3v) is 3.52. The summed E-state index contributed by atoms with van der Waals surface area (Å²) in [5.74, 6) is -1.96. The van der Waals surface area contributed by atoms with Gasteiger partial charge in [-0.2, -0.15) is 0 Å². The maximum Gasteiger partial charge on any atom is 0.326 e. The number of aliphatic carboxylic acids is 1. The molecule has 0 radical (unpaired) electrons. The molecule has 0 saturated heterocycles. The summed E-state index contributed by atoms with van der Waals surface area (Å²) in [5.41, 5.74) is 0.495. The van der Waals surface area contributed by atoms with Crippen LogP contribution in [0, 0.1) is 5.92 Å². The lowest BCUT2D eigenvalue weighted by molar-refractivity contribution is -0.143. The summed E-state index contributed by atoms with van der Waals surface area (Å²) < 4.78 is 0.872. The SMILES string of the molecule is CC(C)[C@H](NC(=O)CCNC(=O)c1ccc(Br)cc1)C(=O)O. The second-order valence-corrected chi connectivity index (χ2v) is 6.06. The van der Waals surface area contributed by atoms with Crippen molar-refractivity contribution in [2.45, 2.75) is 26.3 Å². The third kappa shape index (κ3) is 5.85. The molecule has 0 aromatic heterocycles. The molecule has 120 valence electrons. The lowest BCUT2D eigenvalue weighted by atomic mass is 10.0. The Morgan fingerprint density at radius 2 is 1.77 bits per heavy atom. The summed E-state index contributed by atoms with van der Waals surface area (Å²) in [5, 5.41) is 14.0. The highest BCUT2D eigenvalue weighted by atomic mass is 79.9. The predicted octanol–water partition coefficient (Wildman–Crippen LogP) is 1.79. The van der Waals surface area contributed by atoms with Crippen LogP contribution in [0.1, 0.15) is 30.6 Å². The molecule has 1 atom stereocenters. The number of carbonyl (C=O) groups excluding carboxylic acids is 2. The van der Waals surface area contributed by atoms with Gasteiger partial charge in [0.25, 0.3) is 5.91 Å². The zero-order valence-corrected chi connectivity index (χ0v) is 14.0. The highest BCUT2D eigenvalue weighted by molar-refractivity contribution is 9.10. The highest BCUT2D eigenvalue weighted by Gasteiger charge is 2.23. The van der Waals surface area contributed by atoms with Gasteiger partial charge in [-0.25, -0.2) is 4.79 Å². The molecule has 7 heteroatoms. The molecule has 0 aliphatic rings. The fourth-order valence-corrected chi connectivity index (χ4v) is 2.02. The molecule has 0 saturated carbocycles. The maximum absolute atomic E-state index is 11.8. The van der Waals surface area contributed by atoms with Gasteiger partial charge in [-0.15, -0.1) is 0 Å². The number of amides is 2. The summed E-state index contributed by atoms with van der Waals surface area (Å²) in [6, 6.07) is 5.91. The highest BCUT2D eigenvalue weighted by Crippen LogP contribution is 2.10. The van der Waals surface area contributed by atoms with Crippen LogP contribution >= 0.6 is 15.9 Å². The van der Waals surface area contributed by atoms with Crippen LogP contribution < -0.4 is 10.6 Å². The molecule has 1 aromatic carbocycles. The Morgan fingerprint density at radius 3 is 2.27 bits per heavy atom. The molecule has 6 nitrogen and oxygen atoms in total. The Kier molecular flexibility index (Phi) is 7.04. The van der Waals surface area contributed by atoms with Crippen molar-refractivity contribution in [2.24, 2.45) is 5.92 Å². The van der Waals surface area contributed by atoms with Crippen molar-refractivity contribution in [3.63, 3.8) is 0 Å². The van der Waals surface area contributed by atoms with E-state index in [1.807, 2.05) is 0 Å². The van der Waals surface area contributed by atoms with Gasteiger partial charge in [-0.05, 0) is 30.2 Å². The lowest BCUT2D eigenvalue weighted by Crippen LogP contribution is -2.45. The minimum Gasteiger partial charge on any atom is -0.480 e. The molecule has 0 aliphatic carbocycles. The molecular formula is C15H19BrN2O4. The zero-order valence-electron chi connectivity index (χ0n) is 12.4. The van der Waals surface area contributed by atoms with Gasteiger partial charge in [-0.3, -0.25) is 9.59 Å². The normalized spacial score (nSPS) is 11.8. The molecule has 0 spiro atoms. The van der Waals surface area contributed by atoms with E-state index in [-0.39, 0.29) is 24.8 Å². The van der Waals surface area contributed by atoms with Crippen LogP contribution in [0.2, 0.25) is 0 Å². The first-order valence-electron chi connectivity index (χ1n) is 6.87. The molecule has 1 rings (SSSR count). The van der Waals surface area contributed by atoms with Crippen LogP contribution in [0.25, 0.3) is 0 Å². The standard InChI is InChI=1S/C15H19BrN2O4/c1-9(2)13(15(21)22)18-12(19)7-8-17-14(20)10-3-5-11(16)6-4-10/h3-6,9,13H,7-8H2,1-2H3,(H,17,20)(H,18,19)(H,21,22)/t13-/m0/s1.